The summed E-state index contributed by atoms with van der Waals surface area (Å²) in [5.41, 5.74) is -0.539. The van der Waals surface area contributed by atoms with E-state index < -0.39 is 11.6 Å². The van der Waals surface area contributed by atoms with Crippen LogP contribution in [0, 0.1) is 5.92 Å². The SMILES string of the molecule is CC(C)(C)OC(=O)N1[C@H]2CC[C@@H]1[C@H]1C(C(=O)O)=NO[C@H]1C2. The molecule has 116 valence electrons. The molecule has 2 bridgehead atoms. The number of carboxylic acids is 1. The third-order valence-electron chi connectivity index (χ3n) is 4.29. The van der Waals surface area contributed by atoms with Gasteiger partial charge in [0, 0.05) is 18.5 Å². The van der Waals surface area contributed by atoms with Crippen molar-refractivity contribution < 1.29 is 24.3 Å². The summed E-state index contributed by atoms with van der Waals surface area (Å²) in [6, 6.07) is -0.143. The average molecular weight is 296 g/mol. The molecule has 3 aliphatic rings. The summed E-state index contributed by atoms with van der Waals surface area (Å²) < 4.78 is 5.46. The Morgan fingerprint density at radius 1 is 1.38 bits per heavy atom. The number of aliphatic carboxylic acids is 1. The number of fused-ring (bicyclic) bond motifs is 4. The molecule has 7 heteroatoms. The summed E-state index contributed by atoms with van der Waals surface area (Å²) in [5.74, 6) is -1.43. The van der Waals surface area contributed by atoms with E-state index in [0.29, 0.717) is 6.42 Å². The number of ether oxygens (including phenoxy) is 1. The van der Waals surface area contributed by atoms with Crippen LogP contribution in [0.25, 0.3) is 0 Å². The molecular formula is C14H20N2O5. The van der Waals surface area contributed by atoms with Gasteiger partial charge < -0.3 is 19.6 Å². The summed E-state index contributed by atoms with van der Waals surface area (Å²) in [4.78, 5) is 30.7. The first-order valence-electron chi connectivity index (χ1n) is 7.26. The van der Waals surface area contributed by atoms with Gasteiger partial charge in [0.1, 0.15) is 11.7 Å². The molecule has 2 fully saturated rings. The molecule has 3 rings (SSSR count). The number of hydrogen-bond acceptors (Lipinski definition) is 5. The van der Waals surface area contributed by atoms with Crippen molar-refractivity contribution in [1.82, 2.24) is 4.90 Å². The van der Waals surface area contributed by atoms with Gasteiger partial charge >= 0.3 is 12.1 Å². The second-order valence-corrected chi connectivity index (χ2v) is 6.87. The van der Waals surface area contributed by atoms with Gasteiger partial charge in [-0.3, -0.25) is 0 Å². The van der Waals surface area contributed by atoms with Gasteiger partial charge in [0.15, 0.2) is 5.71 Å². The third kappa shape index (κ3) is 2.34. The van der Waals surface area contributed by atoms with E-state index in [1.54, 1.807) is 4.90 Å². The summed E-state index contributed by atoms with van der Waals surface area (Å²) in [6.07, 6.45) is 1.63. The molecule has 0 aromatic rings. The Morgan fingerprint density at radius 2 is 2.10 bits per heavy atom. The first-order chi connectivity index (χ1) is 9.78. The lowest BCUT2D eigenvalue weighted by Crippen LogP contribution is -2.56. The van der Waals surface area contributed by atoms with E-state index in [1.165, 1.54) is 0 Å². The normalized spacial score (nSPS) is 34.0. The molecule has 3 heterocycles. The zero-order chi connectivity index (χ0) is 15.4. The van der Waals surface area contributed by atoms with Gasteiger partial charge in [-0.25, -0.2) is 9.59 Å². The number of oxime groups is 1. The second kappa shape index (κ2) is 4.61. The van der Waals surface area contributed by atoms with E-state index in [9.17, 15) is 14.7 Å². The van der Waals surface area contributed by atoms with Crippen LogP contribution in [0.4, 0.5) is 4.79 Å². The molecule has 0 radical (unpaired) electrons. The van der Waals surface area contributed by atoms with Gasteiger partial charge in [0.25, 0.3) is 0 Å². The molecule has 2 saturated heterocycles. The number of carbonyl (C=O) groups excluding carboxylic acids is 1. The predicted molar refractivity (Wildman–Crippen MR) is 72.9 cm³/mol. The first kappa shape index (κ1) is 14.2. The highest BCUT2D eigenvalue weighted by atomic mass is 16.6. The van der Waals surface area contributed by atoms with E-state index in [4.69, 9.17) is 9.57 Å². The van der Waals surface area contributed by atoms with E-state index in [-0.39, 0.29) is 35.9 Å². The Kier molecular flexibility index (Phi) is 3.11. The van der Waals surface area contributed by atoms with Crippen molar-refractivity contribution in [3.05, 3.63) is 0 Å². The van der Waals surface area contributed by atoms with Crippen LogP contribution in [-0.4, -0.2) is 51.6 Å². The molecule has 1 amide bonds. The molecule has 3 aliphatic heterocycles. The van der Waals surface area contributed by atoms with Crippen LogP contribution >= 0.6 is 0 Å². The lowest BCUT2D eigenvalue weighted by Gasteiger charge is -2.40. The van der Waals surface area contributed by atoms with Crippen LogP contribution in [0.3, 0.4) is 0 Å². The van der Waals surface area contributed by atoms with Crippen molar-refractivity contribution in [2.45, 2.75) is 63.8 Å². The Bertz CT molecular complexity index is 510. The van der Waals surface area contributed by atoms with Gasteiger partial charge in [0.2, 0.25) is 0 Å². The molecule has 0 aromatic carbocycles. The lowest BCUT2D eigenvalue weighted by atomic mass is 9.84. The van der Waals surface area contributed by atoms with Crippen LogP contribution in [0.1, 0.15) is 40.0 Å². The summed E-state index contributed by atoms with van der Waals surface area (Å²) in [5, 5.41) is 13.0. The molecule has 0 aliphatic carbocycles. The number of amides is 1. The lowest BCUT2D eigenvalue weighted by molar-refractivity contribution is -0.129. The summed E-state index contributed by atoms with van der Waals surface area (Å²) in [7, 11) is 0. The number of carboxylic acid groups (broad SMARTS) is 1. The monoisotopic (exact) mass is 296 g/mol. The van der Waals surface area contributed by atoms with Crippen molar-refractivity contribution in [1.29, 1.82) is 0 Å². The number of rotatable bonds is 1. The Labute approximate surface area is 122 Å². The third-order valence-corrected chi connectivity index (χ3v) is 4.29. The second-order valence-electron chi connectivity index (χ2n) is 6.87. The average Bonchev–Trinajstić information content (AvgIpc) is 2.89. The molecule has 7 nitrogen and oxygen atoms in total. The fourth-order valence-corrected chi connectivity index (χ4v) is 3.59. The molecule has 4 atom stereocenters. The van der Waals surface area contributed by atoms with Crippen LogP contribution in [0.5, 0.6) is 0 Å². The molecular weight excluding hydrogens is 276 g/mol. The van der Waals surface area contributed by atoms with Gasteiger partial charge in [-0.2, -0.15) is 0 Å². The molecule has 0 spiro atoms. The Morgan fingerprint density at radius 3 is 2.71 bits per heavy atom. The van der Waals surface area contributed by atoms with Crippen molar-refractivity contribution in [3.8, 4) is 0 Å². The zero-order valence-electron chi connectivity index (χ0n) is 12.4. The number of hydrogen-bond donors (Lipinski definition) is 1. The zero-order valence-corrected chi connectivity index (χ0v) is 12.4. The van der Waals surface area contributed by atoms with Gasteiger partial charge in [-0.1, -0.05) is 5.16 Å². The predicted octanol–water partition coefficient (Wildman–Crippen LogP) is 1.61. The first-order valence-corrected chi connectivity index (χ1v) is 7.26. The summed E-state index contributed by atoms with van der Waals surface area (Å²) in [6.45, 7) is 5.47. The van der Waals surface area contributed by atoms with Crippen molar-refractivity contribution in [2.75, 3.05) is 0 Å². The maximum Gasteiger partial charge on any atom is 0.410 e. The summed E-state index contributed by atoms with van der Waals surface area (Å²) >= 11 is 0. The van der Waals surface area contributed by atoms with Crippen LogP contribution in [-0.2, 0) is 14.4 Å². The van der Waals surface area contributed by atoms with Gasteiger partial charge in [-0.05, 0) is 33.6 Å². The highest BCUT2D eigenvalue weighted by molar-refractivity contribution is 6.37. The smallest absolute Gasteiger partial charge is 0.410 e. The van der Waals surface area contributed by atoms with Gasteiger partial charge in [-0.15, -0.1) is 0 Å². The highest BCUT2D eigenvalue weighted by Gasteiger charge is 2.56. The van der Waals surface area contributed by atoms with Crippen molar-refractivity contribution in [2.24, 2.45) is 11.1 Å². The number of nitrogens with zero attached hydrogens (tertiary/aromatic N) is 2. The highest BCUT2D eigenvalue weighted by Crippen LogP contribution is 2.44. The van der Waals surface area contributed by atoms with Crippen LogP contribution in [0.15, 0.2) is 5.16 Å². The quantitative estimate of drug-likeness (QED) is 0.794. The molecule has 1 N–H and O–H groups in total. The van der Waals surface area contributed by atoms with E-state index >= 15 is 0 Å². The Hall–Kier alpha value is -1.79. The van der Waals surface area contributed by atoms with E-state index in [0.717, 1.165) is 12.8 Å². The van der Waals surface area contributed by atoms with E-state index in [1.807, 2.05) is 20.8 Å². The minimum Gasteiger partial charge on any atom is -0.477 e. The molecule has 21 heavy (non-hydrogen) atoms. The van der Waals surface area contributed by atoms with Crippen LogP contribution in [0.2, 0.25) is 0 Å². The maximum absolute atomic E-state index is 12.4. The fraction of sp³-hybridized carbons (Fsp3) is 0.786. The standard InChI is InChI=1S/C14H20N2O5/c1-14(2,3)20-13(19)16-7-4-5-8(16)10-9(6-7)21-15-11(10)12(17)18/h7-10H,4-6H2,1-3H3,(H,17,18)/t7-,8+,9-,10+/m0/s1. The maximum atomic E-state index is 12.4. The molecule has 0 unspecified atom stereocenters. The Balaban J connectivity index is 1.83. The fourth-order valence-electron chi connectivity index (χ4n) is 3.59. The van der Waals surface area contributed by atoms with Crippen LogP contribution < -0.4 is 0 Å². The molecule has 0 saturated carbocycles. The minimum absolute atomic E-state index is 0.0268. The minimum atomic E-state index is -1.07. The van der Waals surface area contributed by atoms with E-state index in [2.05, 4.69) is 5.16 Å². The van der Waals surface area contributed by atoms with Crippen molar-refractivity contribution in [3.63, 3.8) is 0 Å². The van der Waals surface area contributed by atoms with Crippen molar-refractivity contribution >= 4 is 17.8 Å². The van der Waals surface area contributed by atoms with Gasteiger partial charge in [0.05, 0.1) is 5.92 Å². The molecule has 0 aromatic heterocycles. The number of piperidine rings is 1. The topological polar surface area (TPSA) is 88.4 Å². The number of carbonyl (C=O) groups is 2. The largest absolute Gasteiger partial charge is 0.477 e.